The third-order valence-electron chi connectivity index (χ3n) is 6.80. The number of benzene rings is 3. The molecule has 3 heterocycles. The molecule has 6 rings (SSSR count). The van der Waals surface area contributed by atoms with Crippen LogP contribution in [-0.2, 0) is 6.42 Å². The maximum atomic E-state index is 13.5. The summed E-state index contributed by atoms with van der Waals surface area (Å²) >= 11 is 1.14. The van der Waals surface area contributed by atoms with Gasteiger partial charge in [-0.3, -0.25) is 9.59 Å². The summed E-state index contributed by atoms with van der Waals surface area (Å²) in [4.78, 5) is 30.8. The Labute approximate surface area is 246 Å². The maximum Gasteiger partial charge on any atom is 0.296 e. The van der Waals surface area contributed by atoms with Crippen LogP contribution in [-0.4, -0.2) is 30.5 Å². The number of fused-ring (bicyclic) bond motifs is 1. The van der Waals surface area contributed by atoms with Gasteiger partial charge < -0.3 is 4.74 Å². The minimum Gasteiger partial charge on any atom is -0.491 e. The number of ether oxygens (including phenoxy) is 1. The van der Waals surface area contributed by atoms with Gasteiger partial charge in [-0.1, -0.05) is 59.4 Å². The van der Waals surface area contributed by atoms with Crippen LogP contribution in [0.4, 0.5) is 0 Å². The summed E-state index contributed by atoms with van der Waals surface area (Å²) in [5.74, 6) is 0.816. The molecule has 3 aromatic carbocycles. The summed E-state index contributed by atoms with van der Waals surface area (Å²) in [5, 5.41) is 9.32. The van der Waals surface area contributed by atoms with E-state index in [0.29, 0.717) is 16.6 Å². The van der Waals surface area contributed by atoms with E-state index < -0.39 is 5.56 Å². The van der Waals surface area contributed by atoms with E-state index in [4.69, 9.17) is 9.84 Å². The second kappa shape index (κ2) is 11.2. The Morgan fingerprint density at radius 2 is 1.71 bits per heavy atom. The van der Waals surface area contributed by atoms with E-state index >= 15 is 0 Å². The fraction of sp³-hybridized carbons (Fsp3) is 0.182. The Hall–Kier alpha value is -4.89. The van der Waals surface area contributed by atoms with E-state index in [1.807, 2.05) is 107 Å². The van der Waals surface area contributed by atoms with Crippen molar-refractivity contribution in [3.05, 3.63) is 132 Å². The molecule has 8 nitrogen and oxygen atoms in total. The summed E-state index contributed by atoms with van der Waals surface area (Å²) in [6, 6.07) is 23.6. The van der Waals surface area contributed by atoms with Crippen LogP contribution in [0, 0.1) is 13.8 Å². The molecule has 0 spiro atoms. The molecule has 0 saturated carbocycles. The van der Waals surface area contributed by atoms with Crippen LogP contribution in [0.5, 0.6) is 5.75 Å². The number of rotatable bonds is 7. The zero-order chi connectivity index (χ0) is 29.4. The van der Waals surface area contributed by atoms with E-state index in [1.165, 1.54) is 4.52 Å². The highest BCUT2D eigenvalue weighted by Gasteiger charge is 2.16. The first-order chi connectivity index (χ1) is 20.2. The van der Waals surface area contributed by atoms with Gasteiger partial charge in [0, 0.05) is 23.7 Å². The van der Waals surface area contributed by atoms with E-state index in [0.717, 1.165) is 50.6 Å². The van der Waals surface area contributed by atoms with Gasteiger partial charge in [-0.15, -0.1) is 0 Å². The molecule has 0 amide bonds. The Morgan fingerprint density at radius 1 is 0.952 bits per heavy atom. The van der Waals surface area contributed by atoms with Gasteiger partial charge in [0.2, 0.25) is 4.96 Å². The summed E-state index contributed by atoms with van der Waals surface area (Å²) < 4.78 is 9.37. The number of para-hydroxylation sites is 1. The van der Waals surface area contributed by atoms with Crippen molar-refractivity contribution in [1.29, 1.82) is 0 Å². The number of hydrogen-bond acceptors (Lipinski definition) is 7. The molecule has 210 valence electrons. The topological polar surface area (TPSA) is 91.4 Å². The average Bonchev–Trinajstić information content (AvgIpc) is 3.52. The lowest BCUT2D eigenvalue weighted by molar-refractivity contribution is 0.241. The van der Waals surface area contributed by atoms with Gasteiger partial charge in [-0.2, -0.15) is 19.7 Å². The number of thiazole rings is 1. The molecule has 9 heteroatoms. The van der Waals surface area contributed by atoms with Gasteiger partial charge in [0.05, 0.1) is 16.3 Å². The Bertz CT molecular complexity index is 2080. The Balaban J connectivity index is 1.46. The zero-order valence-corrected chi connectivity index (χ0v) is 24.6. The highest BCUT2D eigenvalue weighted by Crippen LogP contribution is 2.29. The smallest absolute Gasteiger partial charge is 0.296 e. The highest BCUT2D eigenvalue weighted by atomic mass is 32.1. The Morgan fingerprint density at radius 3 is 2.43 bits per heavy atom. The van der Waals surface area contributed by atoms with Crippen LogP contribution in [0.3, 0.4) is 0 Å². The molecular formula is C33H29N5O3S. The fourth-order valence-electron chi connectivity index (χ4n) is 4.71. The molecule has 6 aromatic rings. The van der Waals surface area contributed by atoms with Gasteiger partial charge in [-0.25, -0.2) is 4.68 Å². The molecule has 0 saturated heterocycles. The van der Waals surface area contributed by atoms with Crippen molar-refractivity contribution in [2.75, 3.05) is 0 Å². The van der Waals surface area contributed by atoms with Crippen LogP contribution in [0.2, 0.25) is 0 Å². The monoisotopic (exact) mass is 575 g/mol. The van der Waals surface area contributed by atoms with Gasteiger partial charge in [-0.05, 0) is 75.2 Å². The van der Waals surface area contributed by atoms with Crippen LogP contribution >= 0.6 is 11.3 Å². The number of aryl methyl sites for hydroxylation is 2. The molecule has 0 N–H and O–H groups in total. The second-order valence-corrected chi connectivity index (χ2v) is 11.5. The first-order valence-electron chi connectivity index (χ1n) is 13.7. The van der Waals surface area contributed by atoms with Gasteiger partial charge in [0.25, 0.3) is 11.1 Å². The van der Waals surface area contributed by atoms with Crippen molar-refractivity contribution < 1.29 is 4.74 Å². The fourth-order valence-corrected chi connectivity index (χ4v) is 5.60. The van der Waals surface area contributed by atoms with Crippen molar-refractivity contribution >= 4 is 22.4 Å². The molecule has 42 heavy (non-hydrogen) atoms. The van der Waals surface area contributed by atoms with E-state index in [2.05, 4.69) is 10.1 Å². The van der Waals surface area contributed by atoms with E-state index in [-0.39, 0.29) is 22.3 Å². The van der Waals surface area contributed by atoms with Gasteiger partial charge >= 0.3 is 0 Å². The lowest BCUT2D eigenvalue weighted by Crippen LogP contribution is -2.28. The normalized spacial score (nSPS) is 12.0. The molecule has 0 aliphatic carbocycles. The maximum absolute atomic E-state index is 13.5. The molecule has 0 atom stereocenters. The minimum absolute atomic E-state index is 0.0610. The van der Waals surface area contributed by atoms with E-state index in [9.17, 15) is 9.59 Å². The molecule has 0 aliphatic rings. The third-order valence-corrected chi connectivity index (χ3v) is 7.76. The molecule has 0 radical (unpaired) electrons. The molecule has 0 bridgehead atoms. The van der Waals surface area contributed by atoms with Crippen LogP contribution in [0.25, 0.3) is 28.0 Å². The van der Waals surface area contributed by atoms with Crippen molar-refractivity contribution in [2.45, 2.75) is 40.2 Å². The highest BCUT2D eigenvalue weighted by molar-refractivity contribution is 7.15. The summed E-state index contributed by atoms with van der Waals surface area (Å²) in [6.07, 6.45) is 4.05. The summed E-state index contributed by atoms with van der Waals surface area (Å²) in [7, 11) is 0. The van der Waals surface area contributed by atoms with Crippen molar-refractivity contribution in [1.82, 2.24) is 24.4 Å². The first kappa shape index (κ1) is 27.3. The number of nitrogens with zero attached hydrogens (tertiary/aromatic N) is 5. The lowest BCUT2D eigenvalue weighted by atomic mass is 10.0. The van der Waals surface area contributed by atoms with Crippen molar-refractivity contribution in [2.24, 2.45) is 0 Å². The van der Waals surface area contributed by atoms with Crippen LogP contribution < -0.4 is 20.4 Å². The van der Waals surface area contributed by atoms with Crippen molar-refractivity contribution in [3.8, 4) is 22.7 Å². The first-order valence-corrected chi connectivity index (χ1v) is 14.5. The largest absolute Gasteiger partial charge is 0.491 e. The minimum atomic E-state index is -0.430. The summed E-state index contributed by atoms with van der Waals surface area (Å²) in [5.41, 5.74) is 5.76. The number of aromatic nitrogens is 5. The second-order valence-electron chi connectivity index (χ2n) is 10.5. The molecule has 3 aromatic heterocycles. The SMILES string of the molecule is Cc1ccc(Cc2nn3c(=O)c(=Cc4cn(-c5ccccc5)nc4-c4ccc(OC(C)C)c(C)c4)sc3nc2=O)cc1. The molecule has 0 aliphatic heterocycles. The van der Waals surface area contributed by atoms with E-state index in [1.54, 1.807) is 10.8 Å². The standard InChI is InChI=1S/C33H29N5O3S/c1-20(2)41-28-15-14-24(16-22(28)4)30-25(19-37(36-30)26-8-6-5-7-9-26)18-29-32(40)38-33(42-29)34-31(39)27(35-38)17-23-12-10-21(3)11-13-23/h5-16,18-20H,17H2,1-4H3. The lowest BCUT2D eigenvalue weighted by Gasteiger charge is -2.13. The predicted molar refractivity (Wildman–Crippen MR) is 166 cm³/mol. The quantitative estimate of drug-likeness (QED) is 0.269. The zero-order valence-electron chi connectivity index (χ0n) is 23.7. The van der Waals surface area contributed by atoms with Gasteiger partial charge in [0.1, 0.15) is 17.1 Å². The van der Waals surface area contributed by atoms with Crippen LogP contribution in [0.15, 0.2) is 88.6 Å². The summed E-state index contributed by atoms with van der Waals surface area (Å²) in [6.45, 7) is 8.00. The molecule has 0 unspecified atom stereocenters. The van der Waals surface area contributed by atoms with Crippen LogP contribution in [0.1, 0.15) is 41.8 Å². The third kappa shape index (κ3) is 5.51. The Kier molecular flexibility index (Phi) is 7.26. The predicted octanol–water partition coefficient (Wildman–Crippen LogP) is 4.91. The molecular weight excluding hydrogens is 546 g/mol. The molecule has 0 fully saturated rings. The number of hydrogen-bond donors (Lipinski definition) is 0. The van der Waals surface area contributed by atoms with Gasteiger partial charge in [0.15, 0.2) is 0 Å². The van der Waals surface area contributed by atoms with Crippen molar-refractivity contribution in [3.63, 3.8) is 0 Å². The average molecular weight is 576 g/mol.